The van der Waals surface area contributed by atoms with E-state index in [1.807, 2.05) is 0 Å². The molecule has 1 aromatic carbocycles. The lowest BCUT2D eigenvalue weighted by molar-refractivity contribution is 0.212. The van der Waals surface area contributed by atoms with Gasteiger partial charge < -0.3 is 10.8 Å². The molecule has 0 aliphatic heterocycles. The van der Waals surface area contributed by atoms with Crippen molar-refractivity contribution in [2.75, 3.05) is 18.9 Å². The van der Waals surface area contributed by atoms with E-state index in [9.17, 15) is 17.9 Å². The highest BCUT2D eigenvalue weighted by Gasteiger charge is 2.69. The zero-order valence-electron chi connectivity index (χ0n) is 10.7. The number of rotatable bonds is 5. The lowest BCUT2D eigenvalue weighted by atomic mass is 10.00. The number of hydrogen-bond acceptors (Lipinski definition) is 4. The largest absolute Gasteiger partial charge is 0.396 e. The third-order valence-corrected chi connectivity index (χ3v) is 6.37. The van der Waals surface area contributed by atoms with E-state index in [4.69, 9.17) is 5.73 Å². The molecule has 19 heavy (non-hydrogen) atoms. The van der Waals surface area contributed by atoms with Gasteiger partial charge in [0.05, 0.1) is 11.9 Å². The molecule has 2 rings (SSSR count). The topological polar surface area (TPSA) is 80.4 Å². The zero-order chi connectivity index (χ0) is 14.3. The van der Waals surface area contributed by atoms with E-state index in [1.54, 1.807) is 13.0 Å². The van der Waals surface area contributed by atoms with Crippen LogP contribution in [-0.4, -0.2) is 37.7 Å². The van der Waals surface area contributed by atoms with Crippen LogP contribution in [0.15, 0.2) is 24.3 Å². The summed E-state index contributed by atoms with van der Waals surface area (Å²) in [7, 11) is -3.33. The molecule has 3 N–H and O–H groups in total. The van der Waals surface area contributed by atoms with Crippen LogP contribution < -0.4 is 5.73 Å². The predicted octanol–water partition coefficient (Wildman–Crippen LogP) is 0.664. The van der Waals surface area contributed by atoms with Crippen LogP contribution in [0.2, 0.25) is 0 Å². The van der Waals surface area contributed by atoms with Crippen molar-refractivity contribution in [3.05, 3.63) is 35.6 Å². The van der Waals surface area contributed by atoms with Crippen LogP contribution in [0.5, 0.6) is 0 Å². The van der Waals surface area contributed by atoms with Crippen LogP contribution in [-0.2, 0) is 9.84 Å². The van der Waals surface area contributed by atoms with Crippen molar-refractivity contribution in [1.82, 2.24) is 0 Å². The predicted molar refractivity (Wildman–Crippen MR) is 71.0 cm³/mol. The Morgan fingerprint density at radius 3 is 2.63 bits per heavy atom. The molecule has 0 heterocycles. The van der Waals surface area contributed by atoms with E-state index in [2.05, 4.69) is 0 Å². The van der Waals surface area contributed by atoms with Gasteiger partial charge in [0, 0.05) is 23.6 Å². The molecule has 1 fully saturated rings. The monoisotopic (exact) mass is 287 g/mol. The number of benzene rings is 1. The maximum atomic E-state index is 13.3. The third kappa shape index (κ3) is 2.17. The molecule has 1 aliphatic rings. The summed E-state index contributed by atoms with van der Waals surface area (Å²) in [6.07, 6.45) is 0. The van der Waals surface area contributed by atoms with Crippen LogP contribution in [0, 0.1) is 11.2 Å². The first kappa shape index (κ1) is 14.4. The van der Waals surface area contributed by atoms with Crippen molar-refractivity contribution in [1.29, 1.82) is 0 Å². The minimum absolute atomic E-state index is 0.00870. The van der Waals surface area contributed by atoms with Gasteiger partial charge in [0.25, 0.3) is 0 Å². The second-order valence-electron chi connectivity index (χ2n) is 5.00. The second-order valence-corrected chi connectivity index (χ2v) is 7.41. The van der Waals surface area contributed by atoms with Crippen molar-refractivity contribution in [2.45, 2.75) is 18.1 Å². The summed E-state index contributed by atoms with van der Waals surface area (Å²) in [5.41, 5.74) is 5.38. The molecule has 0 amide bonds. The van der Waals surface area contributed by atoms with Crippen molar-refractivity contribution >= 4 is 9.84 Å². The molecular formula is C13H18FNO3S. The molecule has 1 aliphatic carbocycles. The number of nitrogens with two attached hydrogens (primary N) is 1. The Bertz CT molecular complexity index is 569. The molecule has 0 aromatic heterocycles. The van der Waals surface area contributed by atoms with Crippen molar-refractivity contribution in [3.63, 3.8) is 0 Å². The SMILES string of the molecule is CCS(=O)(=O)[C@H]1[C@@H](c2cccc(F)c2)[C@@]1(CN)CO. The van der Waals surface area contributed by atoms with E-state index in [-0.39, 0.29) is 18.9 Å². The highest BCUT2D eigenvalue weighted by atomic mass is 32.2. The molecule has 0 unspecified atom stereocenters. The molecule has 4 nitrogen and oxygen atoms in total. The maximum Gasteiger partial charge on any atom is 0.154 e. The standard InChI is InChI=1S/C13H18FNO3S/c1-2-19(17,18)12-11(13(12,7-15)8-16)9-4-3-5-10(14)6-9/h3-6,11-12,16H,2,7-8,15H2,1H3/t11-,12+,13-/m1/s1. The summed E-state index contributed by atoms with van der Waals surface area (Å²) < 4.78 is 37.5. The Kier molecular flexibility index (Phi) is 3.68. The molecule has 0 bridgehead atoms. The van der Waals surface area contributed by atoms with Gasteiger partial charge in [-0.1, -0.05) is 19.1 Å². The van der Waals surface area contributed by atoms with Gasteiger partial charge in [0.2, 0.25) is 0 Å². The molecule has 0 radical (unpaired) electrons. The van der Waals surface area contributed by atoms with Crippen LogP contribution in [0.25, 0.3) is 0 Å². The summed E-state index contributed by atoms with van der Waals surface area (Å²) in [5.74, 6) is -0.852. The van der Waals surface area contributed by atoms with E-state index in [0.29, 0.717) is 5.56 Å². The summed E-state index contributed by atoms with van der Waals surface area (Å²) in [5, 5.41) is 8.83. The lowest BCUT2D eigenvalue weighted by Gasteiger charge is -2.11. The van der Waals surface area contributed by atoms with Gasteiger partial charge in [-0.3, -0.25) is 0 Å². The fraction of sp³-hybridized carbons (Fsp3) is 0.538. The first-order valence-electron chi connectivity index (χ1n) is 6.21. The fourth-order valence-electron chi connectivity index (χ4n) is 2.90. The van der Waals surface area contributed by atoms with E-state index >= 15 is 0 Å². The average Bonchev–Trinajstić information content (AvgIpc) is 3.09. The van der Waals surface area contributed by atoms with Gasteiger partial charge in [0.15, 0.2) is 9.84 Å². The lowest BCUT2D eigenvalue weighted by Crippen LogP contribution is -2.28. The first-order chi connectivity index (χ1) is 8.93. The highest BCUT2D eigenvalue weighted by Crippen LogP contribution is 2.62. The van der Waals surface area contributed by atoms with Gasteiger partial charge in [-0.25, -0.2) is 12.8 Å². The van der Waals surface area contributed by atoms with E-state index < -0.39 is 32.2 Å². The Labute approximate surface area is 112 Å². The van der Waals surface area contributed by atoms with Crippen LogP contribution in [0.1, 0.15) is 18.4 Å². The maximum absolute atomic E-state index is 13.3. The molecule has 6 heteroatoms. The van der Waals surface area contributed by atoms with Crippen molar-refractivity contribution in [3.8, 4) is 0 Å². The molecule has 0 spiro atoms. The molecule has 1 aromatic rings. The smallest absolute Gasteiger partial charge is 0.154 e. The number of aliphatic hydroxyl groups excluding tert-OH is 1. The summed E-state index contributed by atoms with van der Waals surface area (Å²) in [6, 6.07) is 5.84. The van der Waals surface area contributed by atoms with Crippen LogP contribution in [0.4, 0.5) is 4.39 Å². The Morgan fingerprint density at radius 1 is 1.47 bits per heavy atom. The van der Waals surface area contributed by atoms with E-state index in [0.717, 1.165) is 0 Å². The van der Waals surface area contributed by atoms with Gasteiger partial charge in [-0.05, 0) is 17.7 Å². The molecular weight excluding hydrogens is 269 g/mol. The zero-order valence-corrected chi connectivity index (χ0v) is 11.5. The molecule has 106 valence electrons. The highest BCUT2D eigenvalue weighted by molar-refractivity contribution is 7.92. The summed E-state index contributed by atoms with van der Waals surface area (Å²) >= 11 is 0. The van der Waals surface area contributed by atoms with Gasteiger partial charge in [0.1, 0.15) is 5.82 Å². The van der Waals surface area contributed by atoms with Gasteiger partial charge >= 0.3 is 0 Å². The van der Waals surface area contributed by atoms with Crippen LogP contribution >= 0.6 is 0 Å². The first-order valence-corrected chi connectivity index (χ1v) is 7.92. The summed E-state index contributed by atoms with van der Waals surface area (Å²) in [4.78, 5) is 0. The molecule has 3 atom stereocenters. The van der Waals surface area contributed by atoms with Crippen LogP contribution in [0.3, 0.4) is 0 Å². The molecule has 1 saturated carbocycles. The van der Waals surface area contributed by atoms with Gasteiger partial charge in [-0.15, -0.1) is 0 Å². The number of hydrogen-bond donors (Lipinski definition) is 2. The normalized spacial score (nSPS) is 30.3. The second kappa shape index (κ2) is 4.85. The van der Waals surface area contributed by atoms with E-state index in [1.165, 1.54) is 18.2 Å². The minimum Gasteiger partial charge on any atom is -0.396 e. The Morgan fingerprint density at radius 2 is 2.16 bits per heavy atom. The Hall–Kier alpha value is -0.980. The van der Waals surface area contributed by atoms with Gasteiger partial charge in [-0.2, -0.15) is 0 Å². The summed E-state index contributed by atoms with van der Waals surface area (Å²) in [6.45, 7) is 1.32. The average molecular weight is 287 g/mol. The number of aliphatic hydroxyl groups is 1. The minimum atomic E-state index is -3.33. The molecule has 0 saturated heterocycles. The number of halogens is 1. The third-order valence-electron chi connectivity index (χ3n) is 4.05. The quantitative estimate of drug-likeness (QED) is 0.834. The van der Waals surface area contributed by atoms with Crippen molar-refractivity contribution < 1.29 is 17.9 Å². The number of sulfone groups is 1. The van der Waals surface area contributed by atoms with Crippen molar-refractivity contribution in [2.24, 2.45) is 11.1 Å². The Balaban J connectivity index is 2.45. The fourth-order valence-corrected chi connectivity index (χ4v) is 5.06.